The normalized spacial score (nSPS) is 11.1. The van der Waals surface area contributed by atoms with Gasteiger partial charge in [-0.1, -0.05) is 29.8 Å². The van der Waals surface area contributed by atoms with Crippen LogP contribution in [-0.4, -0.2) is 27.5 Å². The molecular weight excluding hydrogens is 328 g/mol. The first kappa shape index (κ1) is 18.0. The van der Waals surface area contributed by atoms with Crippen molar-refractivity contribution in [1.82, 2.24) is 5.32 Å². The van der Waals surface area contributed by atoms with Crippen molar-refractivity contribution in [2.24, 2.45) is 5.14 Å². The fourth-order valence-electron chi connectivity index (χ4n) is 2.03. The van der Waals surface area contributed by atoms with Gasteiger partial charge in [-0.2, -0.15) is 0 Å². The first-order chi connectivity index (χ1) is 11.3. The van der Waals surface area contributed by atoms with E-state index in [9.17, 15) is 13.2 Å². The highest BCUT2D eigenvalue weighted by atomic mass is 32.2. The van der Waals surface area contributed by atoms with Crippen LogP contribution in [0.2, 0.25) is 0 Å². The summed E-state index contributed by atoms with van der Waals surface area (Å²) in [4.78, 5) is 11.8. The molecule has 128 valence electrons. The molecule has 0 heterocycles. The van der Waals surface area contributed by atoms with Crippen LogP contribution in [-0.2, 0) is 21.2 Å². The lowest BCUT2D eigenvalue weighted by atomic mass is 10.1. The van der Waals surface area contributed by atoms with Gasteiger partial charge in [0.05, 0.1) is 4.90 Å². The summed E-state index contributed by atoms with van der Waals surface area (Å²) < 4.78 is 27.7. The van der Waals surface area contributed by atoms with Gasteiger partial charge in [-0.25, -0.2) is 13.6 Å². The predicted molar refractivity (Wildman–Crippen MR) is 91.2 cm³/mol. The maximum absolute atomic E-state index is 11.7. The van der Waals surface area contributed by atoms with Crippen molar-refractivity contribution in [1.29, 1.82) is 0 Å². The average Bonchev–Trinajstić information content (AvgIpc) is 2.54. The second-order valence-electron chi connectivity index (χ2n) is 5.39. The molecule has 0 bridgehead atoms. The lowest BCUT2D eigenvalue weighted by Gasteiger charge is -2.08. The van der Waals surface area contributed by atoms with E-state index in [0.29, 0.717) is 18.7 Å². The van der Waals surface area contributed by atoms with Crippen molar-refractivity contribution in [2.45, 2.75) is 18.2 Å². The van der Waals surface area contributed by atoms with Crippen LogP contribution < -0.4 is 15.2 Å². The van der Waals surface area contributed by atoms with Crippen LogP contribution in [0.3, 0.4) is 0 Å². The molecule has 0 fully saturated rings. The van der Waals surface area contributed by atoms with Crippen LogP contribution in [0, 0.1) is 6.92 Å². The molecule has 0 unspecified atom stereocenters. The SMILES string of the molecule is Cc1ccc(OCC(=O)NCCc2ccc(S(N)(=O)=O)cc2)cc1. The van der Waals surface area contributed by atoms with Crippen molar-refractivity contribution in [3.8, 4) is 5.75 Å². The Bertz CT molecular complexity index is 784. The Hall–Kier alpha value is -2.38. The minimum Gasteiger partial charge on any atom is -0.484 e. The third-order valence-corrected chi connectivity index (χ3v) is 4.31. The Morgan fingerprint density at radius 3 is 2.29 bits per heavy atom. The van der Waals surface area contributed by atoms with Crippen molar-refractivity contribution in [2.75, 3.05) is 13.2 Å². The number of aryl methyl sites for hydroxylation is 1. The molecule has 0 aliphatic carbocycles. The van der Waals surface area contributed by atoms with E-state index in [1.165, 1.54) is 12.1 Å². The predicted octanol–water partition coefficient (Wildman–Crippen LogP) is 1.38. The van der Waals surface area contributed by atoms with E-state index in [-0.39, 0.29) is 17.4 Å². The molecule has 0 saturated heterocycles. The Balaban J connectivity index is 1.73. The molecule has 0 aliphatic heterocycles. The molecule has 3 N–H and O–H groups in total. The van der Waals surface area contributed by atoms with Crippen LogP contribution in [0.25, 0.3) is 0 Å². The number of primary sulfonamides is 1. The molecule has 2 aromatic carbocycles. The third kappa shape index (κ3) is 5.68. The van der Waals surface area contributed by atoms with Gasteiger partial charge in [0.1, 0.15) is 5.75 Å². The number of carbonyl (C=O) groups is 1. The van der Waals surface area contributed by atoms with Gasteiger partial charge in [0, 0.05) is 6.54 Å². The van der Waals surface area contributed by atoms with E-state index in [1.54, 1.807) is 12.1 Å². The minimum atomic E-state index is -3.68. The second kappa shape index (κ2) is 7.94. The van der Waals surface area contributed by atoms with Gasteiger partial charge in [0.2, 0.25) is 10.0 Å². The number of nitrogens with one attached hydrogen (secondary N) is 1. The van der Waals surface area contributed by atoms with Gasteiger partial charge in [0.25, 0.3) is 5.91 Å². The molecule has 0 atom stereocenters. The number of carbonyl (C=O) groups excluding carboxylic acids is 1. The topological polar surface area (TPSA) is 98.5 Å². The average molecular weight is 348 g/mol. The van der Waals surface area contributed by atoms with E-state index in [1.807, 2.05) is 31.2 Å². The molecule has 6 nitrogen and oxygen atoms in total. The lowest BCUT2D eigenvalue weighted by Crippen LogP contribution is -2.30. The number of rotatable bonds is 7. The number of benzene rings is 2. The summed E-state index contributed by atoms with van der Waals surface area (Å²) in [7, 11) is -3.68. The summed E-state index contributed by atoms with van der Waals surface area (Å²) >= 11 is 0. The van der Waals surface area contributed by atoms with E-state index in [4.69, 9.17) is 9.88 Å². The van der Waals surface area contributed by atoms with Gasteiger partial charge in [-0.05, 0) is 43.2 Å². The standard InChI is InChI=1S/C17H20N2O4S/c1-13-2-6-15(7-3-13)23-12-17(20)19-11-10-14-4-8-16(9-5-14)24(18,21)22/h2-9H,10-12H2,1H3,(H,19,20)(H2,18,21,22). The zero-order valence-electron chi connectivity index (χ0n) is 13.4. The molecule has 24 heavy (non-hydrogen) atoms. The molecule has 0 spiro atoms. The van der Waals surface area contributed by atoms with Gasteiger partial charge in [0.15, 0.2) is 6.61 Å². The first-order valence-corrected chi connectivity index (χ1v) is 8.97. The fraction of sp³-hybridized carbons (Fsp3) is 0.235. The molecule has 0 radical (unpaired) electrons. The number of hydrogen-bond donors (Lipinski definition) is 2. The molecule has 2 rings (SSSR count). The highest BCUT2D eigenvalue weighted by molar-refractivity contribution is 7.89. The quantitative estimate of drug-likeness (QED) is 0.790. The molecule has 0 aromatic heterocycles. The first-order valence-electron chi connectivity index (χ1n) is 7.42. The number of nitrogens with two attached hydrogens (primary N) is 1. The Labute approximate surface area is 141 Å². The molecular formula is C17H20N2O4S. The zero-order valence-corrected chi connectivity index (χ0v) is 14.2. The maximum Gasteiger partial charge on any atom is 0.257 e. The van der Waals surface area contributed by atoms with Gasteiger partial charge >= 0.3 is 0 Å². The van der Waals surface area contributed by atoms with Crippen LogP contribution in [0.15, 0.2) is 53.4 Å². The number of hydrogen-bond acceptors (Lipinski definition) is 4. The van der Waals surface area contributed by atoms with Crippen molar-refractivity contribution in [3.63, 3.8) is 0 Å². The Morgan fingerprint density at radius 1 is 1.08 bits per heavy atom. The summed E-state index contributed by atoms with van der Waals surface area (Å²) in [6.07, 6.45) is 0.584. The summed E-state index contributed by atoms with van der Waals surface area (Å²) in [5, 5.41) is 7.79. The van der Waals surface area contributed by atoms with Gasteiger partial charge < -0.3 is 10.1 Å². The Kier molecular flexibility index (Phi) is 5.94. The van der Waals surface area contributed by atoms with E-state index < -0.39 is 10.0 Å². The lowest BCUT2D eigenvalue weighted by molar-refractivity contribution is -0.123. The largest absolute Gasteiger partial charge is 0.484 e. The molecule has 0 saturated carbocycles. The monoisotopic (exact) mass is 348 g/mol. The zero-order chi connectivity index (χ0) is 17.6. The highest BCUT2D eigenvalue weighted by Gasteiger charge is 2.07. The van der Waals surface area contributed by atoms with E-state index >= 15 is 0 Å². The molecule has 0 aliphatic rings. The van der Waals surface area contributed by atoms with Crippen LogP contribution in [0.5, 0.6) is 5.75 Å². The summed E-state index contributed by atoms with van der Waals surface area (Å²) in [5.41, 5.74) is 2.03. The number of ether oxygens (including phenoxy) is 1. The van der Waals surface area contributed by atoms with Crippen LogP contribution >= 0.6 is 0 Å². The highest BCUT2D eigenvalue weighted by Crippen LogP contribution is 2.11. The van der Waals surface area contributed by atoms with E-state index in [0.717, 1.165) is 11.1 Å². The third-order valence-electron chi connectivity index (χ3n) is 3.38. The van der Waals surface area contributed by atoms with Gasteiger partial charge in [-0.3, -0.25) is 4.79 Å². The van der Waals surface area contributed by atoms with Crippen molar-refractivity contribution < 1.29 is 17.9 Å². The number of amides is 1. The van der Waals surface area contributed by atoms with Crippen LogP contribution in [0.1, 0.15) is 11.1 Å². The fourth-order valence-corrected chi connectivity index (χ4v) is 2.54. The van der Waals surface area contributed by atoms with Gasteiger partial charge in [-0.15, -0.1) is 0 Å². The smallest absolute Gasteiger partial charge is 0.257 e. The van der Waals surface area contributed by atoms with E-state index in [2.05, 4.69) is 5.32 Å². The van der Waals surface area contributed by atoms with Crippen molar-refractivity contribution >= 4 is 15.9 Å². The Morgan fingerprint density at radius 2 is 1.71 bits per heavy atom. The summed E-state index contributed by atoms with van der Waals surface area (Å²) in [5.74, 6) is 0.436. The molecule has 2 aromatic rings. The maximum atomic E-state index is 11.7. The second-order valence-corrected chi connectivity index (χ2v) is 6.95. The van der Waals surface area contributed by atoms with Crippen LogP contribution in [0.4, 0.5) is 0 Å². The summed E-state index contributed by atoms with van der Waals surface area (Å²) in [6.45, 7) is 2.37. The van der Waals surface area contributed by atoms with Crippen molar-refractivity contribution in [3.05, 3.63) is 59.7 Å². The molecule has 7 heteroatoms. The minimum absolute atomic E-state index is 0.0482. The molecule has 1 amide bonds. The number of sulfonamides is 1. The summed E-state index contributed by atoms with van der Waals surface area (Å²) in [6, 6.07) is 13.7.